The first kappa shape index (κ1) is 25.4. The maximum atomic E-state index is 5.62. The molecule has 0 amide bonds. The maximum Gasteiger partial charge on any atom is 0.221 e. The first-order valence-electron chi connectivity index (χ1n) is 13.8. The molecule has 1 aliphatic heterocycles. The summed E-state index contributed by atoms with van der Waals surface area (Å²) in [6, 6.07) is 47.3. The number of allylic oxidation sites excluding steroid dienone is 1. The molecule has 6 rings (SSSR count). The molecule has 0 atom stereocenters. The van der Waals surface area contributed by atoms with Crippen LogP contribution in [-0.4, -0.2) is 31.0 Å². The van der Waals surface area contributed by atoms with E-state index in [1.807, 2.05) is 19.1 Å². The van der Waals surface area contributed by atoms with E-state index in [4.69, 9.17) is 4.74 Å². The van der Waals surface area contributed by atoms with E-state index in [9.17, 15) is 0 Å². The largest absolute Gasteiger partial charge is 0.494 e. The van der Waals surface area contributed by atoms with Gasteiger partial charge in [-0.2, -0.15) is 4.58 Å². The summed E-state index contributed by atoms with van der Waals surface area (Å²) in [5.41, 5.74) is 12.0. The minimum Gasteiger partial charge on any atom is -0.494 e. The van der Waals surface area contributed by atoms with Crippen molar-refractivity contribution in [2.45, 2.75) is 6.92 Å². The van der Waals surface area contributed by atoms with E-state index in [1.165, 1.54) is 44.8 Å². The molecule has 0 aliphatic carbocycles. The summed E-state index contributed by atoms with van der Waals surface area (Å²) >= 11 is 0. The van der Waals surface area contributed by atoms with E-state index < -0.39 is 0 Å². The van der Waals surface area contributed by atoms with Gasteiger partial charge in [-0.15, -0.1) is 0 Å². The highest BCUT2D eigenvalue weighted by Crippen LogP contribution is 2.43. The van der Waals surface area contributed by atoms with Crippen molar-refractivity contribution in [1.29, 1.82) is 0 Å². The molecule has 0 fully saturated rings. The molecule has 196 valence electrons. The fraction of sp³-hybridized carbons (Fsp3) is 0.108. The molecule has 40 heavy (non-hydrogen) atoms. The highest BCUT2D eigenvalue weighted by molar-refractivity contribution is 6.38. The van der Waals surface area contributed by atoms with Crippen molar-refractivity contribution >= 4 is 33.9 Å². The van der Waals surface area contributed by atoms with E-state index in [0.29, 0.717) is 6.61 Å². The summed E-state index contributed by atoms with van der Waals surface area (Å²) in [5, 5.41) is 0. The Labute approximate surface area is 236 Å². The van der Waals surface area contributed by atoms with E-state index in [2.05, 4.69) is 145 Å². The van der Waals surface area contributed by atoms with Gasteiger partial charge in [-0.05, 0) is 72.6 Å². The second-order valence-electron chi connectivity index (χ2n) is 9.94. The van der Waals surface area contributed by atoms with Gasteiger partial charge in [-0.1, -0.05) is 72.8 Å². The zero-order valence-corrected chi connectivity index (χ0v) is 23.2. The van der Waals surface area contributed by atoms with E-state index >= 15 is 0 Å². The van der Waals surface area contributed by atoms with Crippen molar-refractivity contribution in [3.05, 3.63) is 156 Å². The fourth-order valence-electron chi connectivity index (χ4n) is 5.57. The Hall–Kier alpha value is -4.89. The lowest BCUT2D eigenvalue weighted by Gasteiger charge is -2.21. The van der Waals surface area contributed by atoms with Crippen LogP contribution in [0.25, 0.3) is 11.1 Å². The monoisotopic (exact) mass is 521 g/mol. The molecule has 0 saturated carbocycles. The van der Waals surface area contributed by atoms with Crippen LogP contribution in [0.4, 0.5) is 17.1 Å². The van der Waals surface area contributed by atoms with Gasteiger partial charge in [0.2, 0.25) is 11.4 Å². The molecule has 1 aliphatic rings. The number of para-hydroxylation sites is 1. The van der Waals surface area contributed by atoms with Gasteiger partial charge in [0.15, 0.2) is 0 Å². The number of anilines is 2. The predicted molar refractivity (Wildman–Crippen MR) is 167 cm³/mol. The van der Waals surface area contributed by atoms with Gasteiger partial charge in [0.1, 0.15) is 12.8 Å². The number of hydrogen-bond acceptors (Lipinski definition) is 2. The summed E-state index contributed by atoms with van der Waals surface area (Å²) in [5.74, 6) is 0.890. The van der Waals surface area contributed by atoms with Crippen LogP contribution in [0.2, 0.25) is 0 Å². The third kappa shape index (κ3) is 4.71. The minimum absolute atomic E-state index is 0.666. The molecular formula is C37H33N2O+. The molecule has 0 N–H and O–H groups in total. The SMILES string of the molecule is CCOc1ccc(N(C)c2ccc(/C(=C3/C(c4ccccc4)=[N+](C)c4ccccc43)c3ccccc3)cc2)cc1. The smallest absolute Gasteiger partial charge is 0.221 e. The van der Waals surface area contributed by atoms with Gasteiger partial charge in [-0.3, -0.25) is 0 Å². The third-order valence-electron chi connectivity index (χ3n) is 7.54. The van der Waals surface area contributed by atoms with Crippen molar-refractivity contribution in [2.75, 3.05) is 25.6 Å². The Morgan fingerprint density at radius 2 is 1.20 bits per heavy atom. The second kappa shape index (κ2) is 11.1. The lowest BCUT2D eigenvalue weighted by Crippen LogP contribution is -2.12. The number of ether oxygens (including phenoxy) is 1. The molecule has 5 aromatic rings. The highest BCUT2D eigenvalue weighted by atomic mass is 16.5. The Morgan fingerprint density at radius 1 is 0.650 bits per heavy atom. The van der Waals surface area contributed by atoms with Gasteiger partial charge < -0.3 is 9.64 Å². The summed E-state index contributed by atoms with van der Waals surface area (Å²) < 4.78 is 7.95. The van der Waals surface area contributed by atoms with Gasteiger partial charge >= 0.3 is 0 Å². The summed E-state index contributed by atoms with van der Waals surface area (Å²) in [6.07, 6.45) is 0. The number of fused-ring (bicyclic) bond motifs is 1. The van der Waals surface area contributed by atoms with Crippen LogP contribution >= 0.6 is 0 Å². The first-order valence-corrected chi connectivity index (χ1v) is 13.8. The van der Waals surface area contributed by atoms with Gasteiger partial charge in [0, 0.05) is 35.6 Å². The molecule has 3 nitrogen and oxygen atoms in total. The lowest BCUT2D eigenvalue weighted by atomic mass is 9.86. The van der Waals surface area contributed by atoms with E-state index in [-0.39, 0.29) is 0 Å². The maximum absolute atomic E-state index is 5.62. The van der Waals surface area contributed by atoms with Crippen LogP contribution in [0.15, 0.2) is 133 Å². The van der Waals surface area contributed by atoms with Crippen LogP contribution in [0, 0.1) is 0 Å². The molecule has 0 radical (unpaired) electrons. The standard InChI is InChI=1S/C37H33N2O/c1-4-40-32-25-23-31(24-26-32)38(2)30-21-19-28(20-22-30)35(27-13-7-5-8-14-27)36-33-17-11-12-18-34(33)39(3)37(36)29-15-9-6-10-16-29/h5-26H,4H2,1-3H3/q+1. The summed E-state index contributed by atoms with van der Waals surface area (Å²) in [6.45, 7) is 2.67. The van der Waals surface area contributed by atoms with Crippen LogP contribution < -0.4 is 9.64 Å². The van der Waals surface area contributed by atoms with Gasteiger partial charge in [0.05, 0.1) is 17.7 Å². The summed E-state index contributed by atoms with van der Waals surface area (Å²) in [4.78, 5) is 2.20. The number of hydrogen-bond donors (Lipinski definition) is 0. The van der Waals surface area contributed by atoms with E-state index in [1.54, 1.807) is 0 Å². The Bertz CT molecular complexity index is 1680. The molecule has 5 aromatic carbocycles. The zero-order valence-electron chi connectivity index (χ0n) is 23.2. The molecular weight excluding hydrogens is 488 g/mol. The second-order valence-corrected chi connectivity index (χ2v) is 9.94. The quantitative estimate of drug-likeness (QED) is 0.199. The number of nitrogens with zero attached hydrogens (tertiary/aromatic N) is 2. The molecule has 0 bridgehead atoms. The molecule has 3 heteroatoms. The zero-order chi connectivity index (χ0) is 27.5. The molecule has 0 unspecified atom stereocenters. The van der Waals surface area contributed by atoms with E-state index in [0.717, 1.165) is 17.1 Å². The van der Waals surface area contributed by atoms with Crippen molar-refractivity contribution in [2.24, 2.45) is 0 Å². The fourth-order valence-corrected chi connectivity index (χ4v) is 5.57. The van der Waals surface area contributed by atoms with Crippen molar-refractivity contribution < 1.29 is 9.31 Å². The molecule has 0 spiro atoms. The Balaban J connectivity index is 1.50. The van der Waals surface area contributed by atoms with Crippen LogP contribution in [0.1, 0.15) is 29.2 Å². The topological polar surface area (TPSA) is 15.5 Å². The average Bonchev–Trinajstić information content (AvgIpc) is 3.30. The Kier molecular flexibility index (Phi) is 7.03. The van der Waals surface area contributed by atoms with Gasteiger partial charge in [-0.25, -0.2) is 0 Å². The van der Waals surface area contributed by atoms with Gasteiger partial charge in [0.25, 0.3) is 0 Å². The van der Waals surface area contributed by atoms with Crippen LogP contribution in [0.5, 0.6) is 5.75 Å². The lowest BCUT2D eigenvalue weighted by molar-refractivity contribution is -0.400. The molecule has 0 aromatic heterocycles. The first-order chi connectivity index (χ1) is 19.7. The van der Waals surface area contributed by atoms with Crippen molar-refractivity contribution in [3.8, 4) is 5.75 Å². The minimum atomic E-state index is 0.666. The molecule has 0 saturated heterocycles. The third-order valence-corrected chi connectivity index (χ3v) is 7.54. The Morgan fingerprint density at radius 3 is 1.85 bits per heavy atom. The van der Waals surface area contributed by atoms with Crippen LogP contribution in [0.3, 0.4) is 0 Å². The number of rotatable bonds is 7. The van der Waals surface area contributed by atoms with Crippen LogP contribution in [-0.2, 0) is 0 Å². The predicted octanol–water partition coefficient (Wildman–Crippen LogP) is 8.59. The van der Waals surface area contributed by atoms with Crippen molar-refractivity contribution in [3.63, 3.8) is 0 Å². The normalized spacial score (nSPS) is 13.7. The summed E-state index contributed by atoms with van der Waals surface area (Å²) in [7, 11) is 4.27. The van der Waals surface area contributed by atoms with Crippen molar-refractivity contribution in [1.82, 2.24) is 0 Å². The molecule has 1 heterocycles. The number of benzene rings is 5. The average molecular weight is 522 g/mol. The highest BCUT2D eigenvalue weighted by Gasteiger charge is 2.36.